The van der Waals surface area contributed by atoms with Gasteiger partial charge in [-0.05, 0) is 51.0 Å². The summed E-state index contributed by atoms with van der Waals surface area (Å²) in [5, 5.41) is 0. The Labute approximate surface area is 105 Å². The highest BCUT2D eigenvalue weighted by atomic mass is 15.2. The lowest BCUT2D eigenvalue weighted by Gasteiger charge is -2.26. The van der Waals surface area contributed by atoms with Crippen LogP contribution in [0.2, 0.25) is 0 Å². The van der Waals surface area contributed by atoms with Crippen LogP contribution in [0.25, 0.3) is 0 Å². The maximum absolute atomic E-state index is 4.55. The average molecular weight is 235 g/mol. The Hall–Kier alpha value is -0.930. The highest BCUT2D eigenvalue weighted by molar-refractivity contribution is 5.27. The third-order valence-corrected chi connectivity index (χ3v) is 3.29. The lowest BCUT2D eigenvalue weighted by Crippen LogP contribution is -2.28. The van der Waals surface area contributed by atoms with Gasteiger partial charge in [-0.1, -0.05) is 19.9 Å². The minimum Gasteiger partial charge on any atom is -0.333 e. The Bertz CT molecular complexity index is 325. The van der Waals surface area contributed by atoms with E-state index in [9.17, 15) is 0 Å². The fraction of sp³-hybridized carbons (Fsp3) is 0.643. The zero-order valence-corrected chi connectivity index (χ0v) is 11.3. The van der Waals surface area contributed by atoms with Crippen LogP contribution < -0.4 is 5.73 Å². The molecule has 0 amide bonds. The normalized spacial score (nSPS) is 17.6. The molecule has 0 saturated carbocycles. The Morgan fingerprint density at radius 3 is 2.82 bits per heavy atom. The van der Waals surface area contributed by atoms with E-state index in [1.807, 2.05) is 6.20 Å². The molecule has 96 valence electrons. The number of hydrogen-bond donors (Lipinski definition) is 1. The van der Waals surface area contributed by atoms with Gasteiger partial charge in [0.15, 0.2) is 0 Å². The van der Waals surface area contributed by atoms with Crippen molar-refractivity contribution in [3.8, 4) is 0 Å². The van der Waals surface area contributed by atoms with Crippen LogP contribution >= 0.6 is 0 Å². The molecule has 0 aromatic carbocycles. The maximum Gasteiger partial charge on any atom is 0.0607 e. The van der Waals surface area contributed by atoms with Gasteiger partial charge in [-0.2, -0.15) is 0 Å². The zero-order valence-electron chi connectivity index (χ0n) is 11.3. The van der Waals surface area contributed by atoms with Crippen LogP contribution in [-0.2, 0) is 6.42 Å². The maximum atomic E-state index is 4.55. The van der Waals surface area contributed by atoms with Gasteiger partial charge < -0.3 is 5.73 Å². The van der Waals surface area contributed by atoms with Crippen LogP contribution in [0.4, 0.5) is 0 Å². The van der Waals surface area contributed by atoms with Gasteiger partial charge in [0.05, 0.1) is 11.7 Å². The Morgan fingerprint density at radius 2 is 2.18 bits per heavy atom. The number of nitrogens with zero attached hydrogens (tertiary/aromatic N) is 2. The largest absolute Gasteiger partial charge is 0.333 e. The number of aryl methyl sites for hydroxylation is 1. The zero-order chi connectivity index (χ0) is 12.7. The molecule has 1 heterocycles. The SMILES string of the molecule is CCCN(CC)C1CCc2cccnc21.CN. The molecule has 1 aromatic rings. The smallest absolute Gasteiger partial charge is 0.0607 e. The van der Waals surface area contributed by atoms with Crippen molar-refractivity contribution in [2.45, 2.75) is 39.2 Å². The highest BCUT2D eigenvalue weighted by Crippen LogP contribution is 2.33. The van der Waals surface area contributed by atoms with E-state index in [0.717, 1.165) is 6.54 Å². The summed E-state index contributed by atoms with van der Waals surface area (Å²) < 4.78 is 0. The second-order valence-electron chi connectivity index (χ2n) is 4.23. The highest BCUT2D eigenvalue weighted by Gasteiger charge is 2.27. The van der Waals surface area contributed by atoms with Gasteiger partial charge in [0.1, 0.15) is 0 Å². The molecule has 1 aromatic heterocycles. The monoisotopic (exact) mass is 235 g/mol. The summed E-state index contributed by atoms with van der Waals surface area (Å²) >= 11 is 0. The van der Waals surface area contributed by atoms with Gasteiger partial charge in [-0.3, -0.25) is 9.88 Å². The summed E-state index contributed by atoms with van der Waals surface area (Å²) in [6.07, 6.45) is 5.61. The van der Waals surface area contributed by atoms with Crippen LogP contribution in [0.1, 0.15) is 44.0 Å². The summed E-state index contributed by atoms with van der Waals surface area (Å²) in [4.78, 5) is 7.10. The van der Waals surface area contributed by atoms with E-state index >= 15 is 0 Å². The molecule has 2 rings (SSSR count). The lowest BCUT2D eigenvalue weighted by molar-refractivity contribution is 0.204. The molecule has 0 bridgehead atoms. The van der Waals surface area contributed by atoms with Crippen LogP contribution in [0.3, 0.4) is 0 Å². The van der Waals surface area contributed by atoms with Gasteiger partial charge in [0.2, 0.25) is 0 Å². The van der Waals surface area contributed by atoms with E-state index in [2.05, 4.69) is 41.6 Å². The number of fused-ring (bicyclic) bond motifs is 1. The first-order valence-corrected chi connectivity index (χ1v) is 6.62. The molecular formula is C14H25N3. The molecule has 3 nitrogen and oxygen atoms in total. The molecule has 17 heavy (non-hydrogen) atoms. The second kappa shape index (κ2) is 7.41. The van der Waals surface area contributed by atoms with Crippen molar-refractivity contribution in [3.63, 3.8) is 0 Å². The van der Waals surface area contributed by atoms with E-state index in [1.54, 1.807) is 0 Å². The summed E-state index contributed by atoms with van der Waals surface area (Å²) in [5.41, 5.74) is 7.28. The topological polar surface area (TPSA) is 42.2 Å². The number of pyridine rings is 1. The van der Waals surface area contributed by atoms with Gasteiger partial charge >= 0.3 is 0 Å². The van der Waals surface area contributed by atoms with Crippen molar-refractivity contribution in [1.29, 1.82) is 0 Å². The number of hydrogen-bond acceptors (Lipinski definition) is 3. The Morgan fingerprint density at radius 1 is 1.41 bits per heavy atom. The van der Waals surface area contributed by atoms with Gasteiger partial charge in [0.25, 0.3) is 0 Å². The number of rotatable bonds is 4. The second-order valence-corrected chi connectivity index (χ2v) is 4.23. The first kappa shape index (κ1) is 14.1. The van der Waals surface area contributed by atoms with Crippen molar-refractivity contribution in [2.75, 3.05) is 20.1 Å². The minimum atomic E-state index is 0.575. The fourth-order valence-electron chi connectivity index (χ4n) is 2.57. The first-order chi connectivity index (χ1) is 8.36. The van der Waals surface area contributed by atoms with Gasteiger partial charge in [0, 0.05) is 6.20 Å². The lowest BCUT2D eigenvalue weighted by atomic mass is 10.2. The Kier molecular flexibility index (Phi) is 6.16. The molecule has 1 aliphatic rings. The van der Waals surface area contributed by atoms with Gasteiger partial charge in [-0.15, -0.1) is 0 Å². The van der Waals surface area contributed by atoms with E-state index < -0.39 is 0 Å². The summed E-state index contributed by atoms with van der Waals surface area (Å²) in [5.74, 6) is 0. The quantitative estimate of drug-likeness (QED) is 0.871. The van der Waals surface area contributed by atoms with E-state index in [4.69, 9.17) is 0 Å². The average Bonchev–Trinajstić information content (AvgIpc) is 2.82. The molecule has 1 unspecified atom stereocenters. The molecule has 1 atom stereocenters. The van der Waals surface area contributed by atoms with Crippen LogP contribution in [-0.4, -0.2) is 30.0 Å². The van der Waals surface area contributed by atoms with E-state index in [0.29, 0.717) is 6.04 Å². The molecule has 0 aliphatic heterocycles. The summed E-state index contributed by atoms with van der Waals surface area (Å²) in [6.45, 7) is 6.82. The standard InChI is InChI=1S/C13H20N2.CH5N/c1-3-10-15(4-2)12-8-7-11-6-5-9-14-13(11)12;1-2/h5-6,9,12H,3-4,7-8,10H2,1-2H3;2H2,1H3. The number of aromatic nitrogens is 1. The number of nitrogens with two attached hydrogens (primary N) is 1. The summed E-state index contributed by atoms with van der Waals surface area (Å²) in [6, 6.07) is 4.85. The molecule has 3 heteroatoms. The molecule has 0 saturated heterocycles. The minimum absolute atomic E-state index is 0.575. The van der Waals surface area contributed by atoms with Crippen LogP contribution in [0, 0.1) is 0 Å². The third kappa shape index (κ3) is 3.27. The van der Waals surface area contributed by atoms with Crippen LogP contribution in [0.5, 0.6) is 0 Å². The first-order valence-electron chi connectivity index (χ1n) is 6.62. The third-order valence-electron chi connectivity index (χ3n) is 3.29. The van der Waals surface area contributed by atoms with Gasteiger partial charge in [-0.25, -0.2) is 0 Å². The molecule has 0 spiro atoms. The van der Waals surface area contributed by atoms with E-state index in [1.165, 1.54) is 44.1 Å². The Balaban J connectivity index is 0.000000686. The summed E-state index contributed by atoms with van der Waals surface area (Å²) in [7, 11) is 1.50. The van der Waals surface area contributed by atoms with Crippen LogP contribution in [0.15, 0.2) is 18.3 Å². The van der Waals surface area contributed by atoms with Crippen molar-refractivity contribution in [2.24, 2.45) is 5.73 Å². The van der Waals surface area contributed by atoms with Crippen molar-refractivity contribution in [1.82, 2.24) is 9.88 Å². The molecule has 1 aliphatic carbocycles. The predicted octanol–water partition coefficient (Wildman–Crippen LogP) is 2.38. The molecular weight excluding hydrogens is 210 g/mol. The molecule has 0 radical (unpaired) electrons. The van der Waals surface area contributed by atoms with Crippen molar-refractivity contribution in [3.05, 3.63) is 29.6 Å². The van der Waals surface area contributed by atoms with Crippen molar-refractivity contribution < 1.29 is 0 Å². The van der Waals surface area contributed by atoms with E-state index in [-0.39, 0.29) is 0 Å². The predicted molar refractivity (Wildman–Crippen MR) is 72.9 cm³/mol. The molecule has 2 N–H and O–H groups in total. The fourth-order valence-corrected chi connectivity index (χ4v) is 2.57. The van der Waals surface area contributed by atoms with Crippen molar-refractivity contribution >= 4 is 0 Å². The molecule has 0 fully saturated rings.